The summed E-state index contributed by atoms with van der Waals surface area (Å²) in [6.45, 7) is 10.4. The zero-order valence-electron chi connectivity index (χ0n) is 13.4. The van der Waals surface area contributed by atoms with Crippen LogP contribution in [-0.2, 0) is 6.42 Å². The van der Waals surface area contributed by atoms with Gasteiger partial charge in [0.2, 0.25) is 5.89 Å². The van der Waals surface area contributed by atoms with Gasteiger partial charge in [0.25, 0.3) is 0 Å². The molecular weight excluding hydrogens is 264 g/mol. The standard InChI is InChI=1S/C16H24N4O/c1-10(2)15-19-16(21-20-15)13(5)18-12(4)9-14-11(3)7-6-8-17-14/h6-8,10,12-13,18H,9H2,1-5H3. The molecule has 2 aromatic heterocycles. The molecular formula is C16H24N4O. The van der Waals surface area contributed by atoms with E-state index >= 15 is 0 Å². The van der Waals surface area contributed by atoms with Crippen molar-refractivity contribution in [1.82, 2.24) is 20.4 Å². The van der Waals surface area contributed by atoms with Crippen molar-refractivity contribution in [2.24, 2.45) is 0 Å². The molecule has 1 N–H and O–H groups in total. The van der Waals surface area contributed by atoms with Gasteiger partial charge in [0, 0.05) is 30.3 Å². The number of pyridine rings is 1. The molecule has 2 atom stereocenters. The van der Waals surface area contributed by atoms with Gasteiger partial charge < -0.3 is 9.84 Å². The van der Waals surface area contributed by atoms with E-state index in [-0.39, 0.29) is 18.0 Å². The number of rotatable bonds is 6. The molecule has 0 saturated carbocycles. The molecule has 2 unspecified atom stereocenters. The highest BCUT2D eigenvalue weighted by molar-refractivity contribution is 5.18. The van der Waals surface area contributed by atoms with Gasteiger partial charge in [0.1, 0.15) is 0 Å². The van der Waals surface area contributed by atoms with E-state index in [9.17, 15) is 0 Å². The van der Waals surface area contributed by atoms with Crippen molar-refractivity contribution < 1.29 is 4.52 Å². The Hall–Kier alpha value is -1.75. The first-order chi connectivity index (χ1) is 9.97. The fourth-order valence-corrected chi connectivity index (χ4v) is 2.24. The molecule has 0 spiro atoms. The number of aromatic nitrogens is 3. The van der Waals surface area contributed by atoms with E-state index in [1.54, 1.807) is 0 Å². The number of hydrogen-bond acceptors (Lipinski definition) is 5. The minimum absolute atomic E-state index is 0.0315. The molecule has 2 heterocycles. The third kappa shape index (κ3) is 4.11. The largest absolute Gasteiger partial charge is 0.338 e. The van der Waals surface area contributed by atoms with Crippen molar-refractivity contribution in [3.8, 4) is 0 Å². The van der Waals surface area contributed by atoms with Crippen LogP contribution in [0.1, 0.15) is 62.6 Å². The second kappa shape index (κ2) is 6.80. The smallest absolute Gasteiger partial charge is 0.243 e. The van der Waals surface area contributed by atoms with Gasteiger partial charge in [-0.2, -0.15) is 4.98 Å². The molecule has 0 saturated heterocycles. The summed E-state index contributed by atoms with van der Waals surface area (Å²) in [7, 11) is 0. The Labute approximate surface area is 126 Å². The molecule has 0 aliphatic carbocycles. The molecule has 5 heteroatoms. The number of aryl methyl sites for hydroxylation is 1. The Morgan fingerprint density at radius 1 is 1.24 bits per heavy atom. The van der Waals surface area contributed by atoms with Crippen LogP contribution in [0.25, 0.3) is 0 Å². The Balaban J connectivity index is 1.95. The van der Waals surface area contributed by atoms with Crippen molar-refractivity contribution in [2.45, 2.75) is 59.0 Å². The molecule has 21 heavy (non-hydrogen) atoms. The van der Waals surface area contributed by atoms with E-state index < -0.39 is 0 Å². The molecule has 0 aliphatic rings. The highest BCUT2D eigenvalue weighted by Gasteiger charge is 2.18. The lowest BCUT2D eigenvalue weighted by Crippen LogP contribution is -2.31. The Bertz CT molecular complexity index is 579. The van der Waals surface area contributed by atoms with Crippen LogP contribution in [0.15, 0.2) is 22.9 Å². The molecule has 0 radical (unpaired) electrons. The molecule has 0 amide bonds. The highest BCUT2D eigenvalue weighted by atomic mass is 16.5. The number of hydrogen-bond donors (Lipinski definition) is 1. The van der Waals surface area contributed by atoms with Gasteiger partial charge in [0.05, 0.1) is 6.04 Å². The predicted molar refractivity (Wildman–Crippen MR) is 82.1 cm³/mol. The van der Waals surface area contributed by atoms with E-state index in [4.69, 9.17) is 4.52 Å². The maximum Gasteiger partial charge on any atom is 0.243 e. The normalized spacial score (nSPS) is 14.4. The van der Waals surface area contributed by atoms with Crippen LogP contribution in [0.2, 0.25) is 0 Å². The quantitative estimate of drug-likeness (QED) is 0.884. The molecule has 5 nitrogen and oxygen atoms in total. The van der Waals surface area contributed by atoms with Crippen molar-refractivity contribution in [1.29, 1.82) is 0 Å². The number of nitrogens with zero attached hydrogens (tertiary/aromatic N) is 3. The van der Waals surface area contributed by atoms with E-state index in [2.05, 4.69) is 54.2 Å². The monoisotopic (exact) mass is 288 g/mol. The van der Waals surface area contributed by atoms with Crippen LogP contribution in [0.4, 0.5) is 0 Å². The van der Waals surface area contributed by atoms with E-state index in [0.717, 1.165) is 17.9 Å². The molecule has 0 aromatic carbocycles. The van der Waals surface area contributed by atoms with Crippen molar-refractivity contribution in [3.05, 3.63) is 41.3 Å². The van der Waals surface area contributed by atoms with Gasteiger partial charge in [-0.1, -0.05) is 25.1 Å². The van der Waals surface area contributed by atoms with E-state index in [1.807, 2.05) is 19.2 Å². The van der Waals surface area contributed by atoms with Crippen LogP contribution >= 0.6 is 0 Å². The highest BCUT2D eigenvalue weighted by Crippen LogP contribution is 2.16. The molecule has 2 aromatic rings. The molecule has 0 bridgehead atoms. The summed E-state index contributed by atoms with van der Waals surface area (Å²) >= 11 is 0. The first-order valence-corrected chi connectivity index (χ1v) is 7.47. The number of nitrogens with one attached hydrogen (secondary N) is 1. The van der Waals surface area contributed by atoms with E-state index in [1.165, 1.54) is 5.56 Å². The molecule has 0 aliphatic heterocycles. The van der Waals surface area contributed by atoms with Crippen LogP contribution in [0, 0.1) is 6.92 Å². The van der Waals surface area contributed by atoms with Gasteiger partial charge in [-0.15, -0.1) is 0 Å². The second-order valence-corrected chi connectivity index (χ2v) is 5.91. The molecule has 2 rings (SSSR count). The zero-order valence-corrected chi connectivity index (χ0v) is 13.4. The third-order valence-electron chi connectivity index (χ3n) is 3.50. The fraction of sp³-hybridized carbons (Fsp3) is 0.562. The van der Waals surface area contributed by atoms with Gasteiger partial charge in [0.15, 0.2) is 5.82 Å². The SMILES string of the molecule is Cc1cccnc1CC(C)NC(C)c1nc(C(C)C)no1. The predicted octanol–water partition coefficient (Wildman–Crippen LogP) is 3.18. The summed E-state index contributed by atoms with van der Waals surface area (Å²) < 4.78 is 5.32. The third-order valence-corrected chi connectivity index (χ3v) is 3.50. The fourth-order valence-electron chi connectivity index (χ4n) is 2.24. The summed E-state index contributed by atoms with van der Waals surface area (Å²) in [5.74, 6) is 1.68. The molecule has 114 valence electrons. The van der Waals surface area contributed by atoms with E-state index in [0.29, 0.717) is 5.89 Å². The lowest BCUT2D eigenvalue weighted by atomic mass is 10.1. The topological polar surface area (TPSA) is 63.8 Å². The summed E-state index contributed by atoms with van der Waals surface area (Å²) in [4.78, 5) is 8.87. The van der Waals surface area contributed by atoms with Gasteiger partial charge in [-0.25, -0.2) is 0 Å². The maximum atomic E-state index is 5.32. The Kier molecular flexibility index (Phi) is 5.07. The first kappa shape index (κ1) is 15.6. The summed E-state index contributed by atoms with van der Waals surface area (Å²) in [5.41, 5.74) is 2.34. The second-order valence-electron chi connectivity index (χ2n) is 5.91. The van der Waals surface area contributed by atoms with Crippen molar-refractivity contribution in [2.75, 3.05) is 0 Å². The first-order valence-electron chi connectivity index (χ1n) is 7.47. The summed E-state index contributed by atoms with van der Waals surface area (Å²) in [5, 5.41) is 7.49. The van der Waals surface area contributed by atoms with Gasteiger partial charge in [-0.3, -0.25) is 4.98 Å². The average Bonchev–Trinajstić information content (AvgIpc) is 2.91. The van der Waals surface area contributed by atoms with Gasteiger partial charge >= 0.3 is 0 Å². The van der Waals surface area contributed by atoms with Crippen LogP contribution in [-0.4, -0.2) is 21.2 Å². The summed E-state index contributed by atoms with van der Waals surface area (Å²) in [6, 6.07) is 4.36. The Morgan fingerprint density at radius 3 is 2.62 bits per heavy atom. The van der Waals surface area contributed by atoms with Crippen molar-refractivity contribution in [3.63, 3.8) is 0 Å². The van der Waals surface area contributed by atoms with Crippen molar-refractivity contribution >= 4 is 0 Å². The lowest BCUT2D eigenvalue weighted by molar-refractivity contribution is 0.322. The van der Waals surface area contributed by atoms with Crippen LogP contribution in [0.3, 0.4) is 0 Å². The summed E-state index contributed by atoms with van der Waals surface area (Å²) in [6.07, 6.45) is 2.72. The maximum absolute atomic E-state index is 5.32. The Morgan fingerprint density at radius 2 is 2.00 bits per heavy atom. The van der Waals surface area contributed by atoms with Crippen LogP contribution < -0.4 is 5.32 Å². The molecule has 0 fully saturated rings. The minimum Gasteiger partial charge on any atom is -0.338 e. The minimum atomic E-state index is 0.0315. The lowest BCUT2D eigenvalue weighted by Gasteiger charge is -2.17. The van der Waals surface area contributed by atoms with Crippen LogP contribution in [0.5, 0.6) is 0 Å². The average molecular weight is 288 g/mol. The zero-order chi connectivity index (χ0) is 15.4. The van der Waals surface area contributed by atoms with Gasteiger partial charge in [-0.05, 0) is 32.4 Å².